The average molecular weight is 270 g/mol. The molecule has 20 heavy (non-hydrogen) atoms. The highest BCUT2D eigenvalue weighted by Crippen LogP contribution is 2.19. The van der Waals surface area contributed by atoms with Crippen molar-refractivity contribution < 1.29 is 9.32 Å². The molecule has 4 N–H and O–H groups in total. The van der Waals surface area contributed by atoms with E-state index < -0.39 is 6.04 Å². The maximum atomic E-state index is 11.9. The Labute approximate surface area is 114 Å². The minimum Gasteiger partial charge on any atom is -0.363 e. The highest BCUT2D eigenvalue weighted by Gasteiger charge is 2.17. The van der Waals surface area contributed by atoms with E-state index in [0.717, 1.165) is 16.5 Å². The first-order valence-corrected chi connectivity index (χ1v) is 6.26. The third-order valence-corrected chi connectivity index (χ3v) is 3.14. The molecule has 0 saturated heterocycles. The fourth-order valence-corrected chi connectivity index (χ4v) is 2.13. The lowest BCUT2D eigenvalue weighted by atomic mass is 10.1. The lowest BCUT2D eigenvalue weighted by Gasteiger charge is -2.09. The number of hydrogen-bond acceptors (Lipinski definition) is 4. The molecule has 102 valence electrons. The van der Waals surface area contributed by atoms with Gasteiger partial charge in [-0.3, -0.25) is 4.79 Å². The van der Waals surface area contributed by atoms with Gasteiger partial charge in [-0.05, 0) is 18.1 Å². The van der Waals surface area contributed by atoms with Gasteiger partial charge < -0.3 is 20.6 Å². The molecule has 3 aromatic rings. The Hall–Kier alpha value is -2.60. The minimum atomic E-state index is -0.647. The van der Waals surface area contributed by atoms with Gasteiger partial charge in [0.15, 0.2) is 5.82 Å². The molecule has 3 rings (SSSR count). The first-order chi connectivity index (χ1) is 9.74. The van der Waals surface area contributed by atoms with E-state index in [1.165, 1.54) is 6.26 Å². The SMILES string of the molecule is N[C@H](Cc1c[nH]c2ccccc12)C(=O)Nc1ccon1. The molecular formula is C14H14N4O2. The summed E-state index contributed by atoms with van der Waals surface area (Å²) >= 11 is 0. The third-order valence-electron chi connectivity index (χ3n) is 3.14. The van der Waals surface area contributed by atoms with Gasteiger partial charge in [-0.15, -0.1) is 0 Å². The molecule has 6 nitrogen and oxygen atoms in total. The fraction of sp³-hybridized carbons (Fsp3) is 0.143. The van der Waals surface area contributed by atoms with E-state index in [-0.39, 0.29) is 5.91 Å². The normalized spacial score (nSPS) is 12.4. The van der Waals surface area contributed by atoms with Crippen molar-refractivity contribution >= 4 is 22.6 Å². The van der Waals surface area contributed by atoms with Crippen molar-refractivity contribution in [3.8, 4) is 0 Å². The van der Waals surface area contributed by atoms with E-state index in [4.69, 9.17) is 5.73 Å². The summed E-state index contributed by atoms with van der Waals surface area (Å²) in [5, 5.41) is 7.30. The zero-order valence-corrected chi connectivity index (χ0v) is 10.7. The Bertz CT molecular complexity index is 718. The Kier molecular flexibility index (Phi) is 3.22. The van der Waals surface area contributed by atoms with Crippen molar-refractivity contribution in [3.05, 3.63) is 48.4 Å². The van der Waals surface area contributed by atoms with Crippen LogP contribution in [0.4, 0.5) is 5.82 Å². The van der Waals surface area contributed by atoms with Gasteiger partial charge in [0.05, 0.1) is 6.04 Å². The topological polar surface area (TPSA) is 96.9 Å². The number of aromatic nitrogens is 2. The van der Waals surface area contributed by atoms with Crippen LogP contribution in [0.1, 0.15) is 5.56 Å². The van der Waals surface area contributed by atoms with Crippen LogP contribution >= 0.6 is 0 Å². The summed E-state index contributed by atoms with van der Waals surface area (Å²) in [7, 11) is 0. The van der Waals surface area contributed by atoms with E-state index in [2.05, 4.69) is 20.0 Å². The summed E-state index contributed by atoms with van der Waals surface area (Å²) in [5.74, 6) is 0.0774. The van der Waals surface area contributed by atoms with Crippen molar-refractivity contribution in [3.63, 3.8) is 0 Å². The van der Waals surface area contributed by atoms with Crippen LogP contribution in [0, 0.1) is 0 Å². The first-order valence-electron chi connectivity index (χ1n) is 6.26. The van der Waals surface area contributed by atoms with Crippen molar-refractivity contribution in [1.29, 1.82) is 0 Å². The molecule has 0 spiro atoms. The number of amides is 1. The molecule has 1 amide bonds. The largest absolute Gasteiger partial charge is 0.363 e. The number of carbonyl (C=O) groups excluding carboxylic acids is 1. The maximum absolute atomic E-state index is 11.9. The Morgan fingerprint density at radius 2 is 2.25 bits per heavy atom. The summed E-state index contributed by atoms with van der Waals surface area (Å²) in [4.78, 5) is 15.1. The number of anilines is 1. The molecule has 0 aliphatic carbocycles. The Morgan fingerprint density at radius 3 is 3.05 bits per heavy atom. The van der Waals surface area contributed by atoms with E-state index in [1.807, 2.05) is 30.5 Å². The molecule has 0 bridgehead atoms. The van der Waals surface area contributed by atoms with Crippen molar-refractivity contribution in [2.75, 3.05) is 5.32 Å². The number of H-pyrrole nitrogens is 1. The third kappa shape index (κ3) is 2.41. The van der Waals surface area contributed by atoms with Crippen LogP contribution in [-0.4, -0.2) is 22.1 Å². The van der Waals surface area contributed by atoms with Crippen LogP contribution in [0.15, 0.2) is 47.3 Å². The number of nitrogens with one attached hydrogen (secondary N) is 2. The van der Waals surface area contributed by atoms with Crippen LogP contribution in [0.5, 0.6) is 0 Å². The minimum absolute atomic E-state index is 0.288. The quantitative estimate of drug-likeness (QED) is 0.671. The number of carbonyl (C=O) groups is 1. The molecule has 0 aliphatic rings. The van der Waals surface area contributed by atoms with Crippen molar-refractivity contribution in [2.45, 2.75) is 12.5 Å². The van der Waals surface area contributed by atoms with Gasteiger partial charge >= 0.3 is 0 Å². The number of rotatable bonds is 4. The summed E-state index contributed by atoms with van der Waals surface area (Å²) in [6.45, 7) is 0. The Balaban J connectivity index is 1.72. The van der Waals surface area contributed by atoms with Gasteiger partial charge in [-0.25, -0.2) is 0 Å². The number of aromatic amines is 1. The van der Waals surface area contributed by atoms with E-state index in [1.54, 1.807) is 6.07 Å². The van der Waals surface area contributed by atoms with Crippen LogP contribution < -0.4 is 11.1 Å². The second-order valence-electron chi connectivity index (χ2n) is 4.54. The highest BCUT2D eigenvalue weighted by molar-refractivity contribution is 5.94. The number of benzene rings is 1. The molecule has 1 aromatic carbocycles. The molecule has 0 unspecified atom stereocenters. The molecule has 1 atom stereocenters. The molecule has 0 radical (unpaired) electrons. The smallest absolute Gasteiger partial charge is 0.242 e. The molecule has 0 fully saturated rings. The van der Waals surface area contributed by atoms with Gasteiger partial charge in [-0.1, -0.05) is 23.4 Å². The second kappa shape index (κ2) is 5.18. The fourth-order valence-electron chi connectivity index (χ4n) is 2.13. The summed E-state index contributed by atoms with van der Waals surface area (Å²) in [5.41, 5.74) is 7.98. The van der Waals surface area contributed by atoms with Gasteiger partial charge in [0, 0.05) is 23.2 Å². The zero-order chi connectivity index (χ0) is 13.9. The molecule has 2 heterocycles. The number of nitrogens with zero attached hydrogens (tertiary/aromatic N) is 1. The van der Waals surface area contributed by atoms with Crippen LogP contribution in [0.25, 0.3) is 10.9 Å². The summed E-state index contributed by atoms with van der Waals surface area (Å²) in [6, 6.07) is 8.82. The number of hydrogen-bond donors (Lipinski definition) is 3. The molecule has 6 heteroatoms. The average Bonchev–Trinajstić information content (AvgIpc) is 3.09. The monoisotopic (exact) mass is 270 g/mol. The van der Waals surface area contributed by atoms with Gasteiger partial charge in [0.25, 0.3) is 0 Å². The predicted molar refractivity (Wildman–Crippen MR) is 75.1 cm³/mol. The number of fused-ring (bicyclic) bond motifs is 1. The van der Waals surface area contributed by atoms with Gasteiger partial charge in [0.2, 0.25) is 5.91 Å². The highest BCUT2D eigenvalue weighted by atomic mass is 16.5. The first kappa shape index (κ1) is 12.4. The maximum Gasteiger partial charge on any atom is 0.242 e. The van der Waals surface area contributed by atoms with Crippen molar-refractivity contribution in [2.24, 2.45) is 5.73 Å². The van der Waals surface area contributed by atoms with Crippen LogP contribution in [-0.2, 0) is 11.2 Å². The molecule has 0 aliphatic heterocycles. The molecule has 2 aromatic heterocycles. The summed E-state index contributed by atoms with van der Waals surface area (Å²) in [6.07, 6.45) is 3.72. The number of nitrogens with two attached hydrogens (primary N) is 1. The molecular weight excluding hydrogens is 256 g/mol. The second-order valence-corrected chi connectivity index (χ2v) is 4.54. The van der Waals surface area contributed by atoms with Crippen LogP contribution in [0.3, 0.4) is 0 Å². The van der Waals surface area contributed by atoms with E-state index in [0.29, 0.717) is 12.2 Å². The zero-order valence-electron chi connectivity index (χ0n) is 10.7. The predicted octanol–water partition coefficient (Wildman–Crippen LogP) is 1.66. The van der Waals surface area contributed by atoms with E-state index >= 15 is 0 Å². The van der Waals surface area contributed by atoms with Gasteiger partial charge in [-0.2, -0.15) is 0 Å². The van der Waals surface area contributed by atoms with Gasteiger partial charge in [0.1, 0.15) is 6.26 Å². The lowest BCUT2D eigenvalue weighted by Crippen LogP contribution is -2.37. The van der Waals surface area contributed by atoms with Crippen molar-refractivity contribution in [1.82, 2.24) is 10.1 Å². The summed E-state index contributed by atoms with van der Waals surface area (Å²) < 4.78 is 4.65. The molecule has 0 saturated carbocycles. The standard InChI is InChI=1S/C14H14N4O2/c15-11(14(19)17-13-5-6-20-18-13)7-9-8-16-12-4-2-1-3-10(9)12/h1-6,8,11,16H,7,15H2,(H,17,18,19)/t11-/m1/s1. The Morgan fingerprint density at radius 1 is 1.40 bits per heavy atom. The van der Waals surface area contributed by atoms with Crippen LogP contribution in [0.2, 0.25) is 0 Å². The number of para-hydroxylation sites is 1. The lowest BCUT2D eigenvalue weighted by molar-refractivity contribution is -0.117. The van der Waals surface area contributed by atoms with E-state index in [9.17, 15) is 4.79 Å².